The monoisotopic (exact) mass is 370 g/mol. The van der Waals surface area contributed by atoms with Crippen LogP contribution in [0.1, 0.15) is 37.3 Å². The Kier molecular flexibility index (Phi) is 4.42. The highest BCUT2D eigenvalue weighted by Crippen LogP contribution is 2.29. The molecule has 27 heavy (non-hydrogen) atoms. The van der Waals surface area contributed by atoms with E-state index in [9.17, 15) is 14.4 Å². The van der Waals surface area contributed by atoms with Crippen LogP contribution in [0.4, 0.5) is 4.79 Å². The first kappa shape index (κ1) is 18.0. The van der Waals surface area contributed by atoms with Crippen molar-refractivity contribution in [2.45, 2.75) is 50.7 Å². The minimum absolute atomic E-state index is 0.166. The number of carbonyl (C=O) groups is 3. The van der Waals surface area contributed by atoms with Crippen LogP contribution in [0.25, 0.3) is 0 Å². The van der Waals surface area contributed by atoms with Gasteiger partial charge >= 0.3 is 6.03 Å². The number of urea groups is 1. The van der Waals surface area contributed by atoms with Gasteiger partial charge in [-0.3, -0.25) is 14.5 Å². The molecule has 3 fully saturated rings. The molecule has 0 aromatic heterocycles. The van der Waals surface area contributed by atoms with Gasteiger partial charge in [0.2, 0.25) is 5.91 Å². The molecule has 4 rings (SSSR count). The Morgan fingerprint density at radius 3 is 2.59 bits per heavy atom. The van der Waals surface area contributed by atoms with Gasteiger partial charge in [-0.15, -0.1) is 0 Å². The maximum Gasteiger partial charge on any atom is 0.325 e. The Morgan fingerprint density at radius 2 is 1.85 bits per heavy atom. The average Bonchev–Trinajstić information content (AvgIpc) is 3.07. The van der Waals surface area contributed by atoms with E-state index in [1.807, 2.05) is 31.2 Å². The second-order valence-electron chi connectivity index (χ2n) is 8.08. The van der Waals surface area contributed by atoms with E-state index in [-0.39, 0.29) is 18.4 Å². The molecule has 7 nitrogen and oxygen atoms in total. The van der Waals surface area contributed by atoms with Crippen LogP contribution in [0.15, 0.2) is 24.3 Å². The van der Waals surface area contributed by atoms with Gasteiger partial charge in [-0.25, -0.2) is 4.79 Å². The van der Waals surface area contributed by atoms with Gasteiger partial charge in [0.15, 0.2) is 0 Å². The first-order valence-corrected chi connectivity index (χ1v) is 9.62. The third-order valence-electron chi connectivity index (χ3n) is 6.07. The molecule has 0 radical (unpaired) electrons. The smallest absolute Gasteiger partial charge is 0.325 e. The van der Waals surface area contributed by atoms with E-state index in [1.165, 1.54) is 0 Å². The molecule has 3 atom stereocenters. The number of hydrogen-bond donors (Lipinski definition) is 2. The first-order valence-electron chi connectivity index (χ1n) is 9.62. The minimum atomic E-state index is -1.13. The highest BCUT2D eigenvalue weighted by molar-refractivity contribution is 6.09. The lowest BCUT2D eigenvalue weighted by molar-refractivity contribution is -0.139. The summed E-state index contributed by atoms with van der Waals surface area (Å²) in [5, 5.41) is 6.30. The summed E-state index contributed by atoms with van der Waals surface area (Å²) in [6.07, 6.45) is 3.15. The molecule has 3 unspecified atom stereocenters. The summed E-state index contributed by atoms with van der Waals surface area (Å²) in [6.45, 7) is 4.77. The summed E-state index contributed by atoms with van der Waals surface area (Å²) in [5.74, 6) is -0.542. The predicted octanol–water partition coefficient (Wildman–Crippen LogP) is 1.11. The van der Waals surface area contributed by atoms with Crippen molar-refractivity contribution in [3.8, 4) is 0 Å². The molecule has 144 valence electrons. The van der Waals surface area contributed by atoms with Gasteiger partial charge in [-0.05, 0) is 38.7 Å². The summed E-state index contributed by atoms with van der Waals surface area (Å²) >= 11 is 0. The normalized spacial score (nSPS) is 30.4. The molecule has 7 heteroatoms. The van der Waals surface area contributed by atoms with Crippen molar-refractivity contribution < 1.29 is 14.4 Å². The van der Waals surface area contributed by atoms with Crippen LogP contribution >= 0.6 is 0 Å². The van der Waals surface area contributed by atoms with E-state index >= 15 is 0 Å². The standard InChI is InChI=1S/C20H26N4O3/c1-13-3-5-14(6-4-13)20(2)18(26)24(19(27)22-20)12-17(25)23-10-9-15-7-8-16(11-23)21-15/h3-6,15-16,21H,7-12H2,1-2H3,(H,22,27). The number of hydrogen-bond acceptors (Lipinski definition) is 4. The fourth-order valence-electron chi connectivity index (χ4n) is 4.33. The van der Waals surface area contributed by atoms with Gasteiger partial charge < -0.3 is 15.5 Å². The molecule has 0 saturated carbocycles. The van der Waals surface area contributed by atoms with Crippen molar-refractivity contribution in [3.05, 3.63) is 35.4 Å². The van der Waals surface area contributed by atoms with Gasteiger partial charge in [0.25, 0.3) is 5.91 Å². The van der Waals surface area contributed by atoms with Gasteiger partial charge in [0.05, 0.1) is 0 Å². The highest BCUT2D eigenvalue weighted by atomic mass is 16.2. The summed E-state index contributed by atoms with van der Waals surface area (Å²) in [7, 11) is 0. The van der Waals surface area contributed by atoms with Crippen LogP contribution in [0.3, 0.4) is 0 Å². The lowest BCUT2D eigenvalue weighted by Crippen LogP contribution is -2.46. The zero-order valence-electron chi connectivity index (χ0n) is 15.8. The number of nitrogens with one attached hydrogen (secondary N) is 2. The maximum atomic E-state index is 13.0. The summed E-state index contributed by atoms with van der Waals surface area (Å²) in [4.78, 5) is 41.1. The number of rotatable bonds is 3. The number of nitrogens with zero attached hydrogens (tertiary/aromatic N) is 2. The average molecular weight is 370 g/mol. The lowest BCUT2D eigenvalue weighted by Gasteiger charge is -2.26. The molecule has 3 aliphatic rings. The second kappa shape index (κ2) is 6.64. The van der Waals surface area contributed by atoms with E-state index in [1.54, 1.807) is 11.8 Å². The molecule has 2 bridgehead atoms. The maximum absolute atomic E-state index is 13.0. The van der Waals surface area contributed by atoms with Crippen LogP contribution in [-0.2, 0) is 15.1 Å². The van der Waals surface area contributed by atoms with Crippen LogP contribution in [0.5, 0.6) is 0 Å². The lowest BCUT2D eigenvalue weighted by atomic mass is 9.91. The number of aryl methyl sites for hydroxylation is 1. The molecule has 3 heterocycles. The Bertz CT molecular complexity index is 778. The molecule has 0 spiro atoms. The fraction of sp³-hybridized carbons (Fsp3) is 0.550. The van der Waals surface area contributed by atoms with Crippen LogP contribution in [0, 0.1) is 6.92 Å². The molecular formula is C20H26N4O3. The Labute approximate surface area is 159 Å². The summed E-state index contributed by atoms with van der Waals surface area (Å²) in [5.41, 5.74) is 0.665. The quantitative estimate of drug-likeness (QED) is 0.781. The molecule has 3 aliphatic heterocycles. The number of carbonyl (C=O) groups excluding carboxylic acids is 3. The third-order valence-corrected chi connectivity index (χ3v) is 6.07. The molecule has 2 N–H and O–H groups in total. The van der Waals surface area contributed by atoms with Crippen molar-refractivity contribution in [2.24, 2.45) is 0 Å². The van der Waals surface area contributed by atoms with Gasteiger partial charge in [0, 0.05) is 25.2 Å². The van der Waals surface area contributed by atoms with E-state index in [4.69, 9.17) is 0 Å². The van der Waals surface area contributed by atoms with Crippen molar-refractivity contribution >= 4 is 17.8 Å². The molecule has 4 amide bonds. The molecule has 0 aliphatic carbocycles. The number of fused-ring (bicyclic) bond motifs is 2. The van der Waals surface area contributed by atoms with Gasteiger partial charge in [-0.2, -0.15) is 0 Å². The number of amides is 4. The third kappa shape index (κ3) is 3.20. The fourth-order valence-corrected chi connectivity index (χ4v) is 4.33. The first-order chi connectivity index (χ1) is 12.9. The Morgan fingerprint density at radius 1 is 1.15 bits per heavy atom. The molecule has 3 saturated heterocycles. The van der Waals surface area contributed by atoms with Crippen LogP contribution in [-0.4, -0.2) is 59.4 Å². The van der Waals surface area contributed by atoms with Gasteiger partial charge in [0.1, 0.15) is 12.1 Å². The predicted molar refractivity (Wildman–Crippen MR) is 99.9 cm³/mol. The minimum Gasteiger partial charge on any atom is -0.340 e. The zero-order chi connectivity index (χ0) is 19.2. The molecule has 1 aromatic carbocycles. The summed E-state index contributed by atoms with van der Waals surface area (Å²) in [6, 6.07) is 7.80. The van der Waals surface area contributed by atoms with Gasteiger partial charge in [-0.1, -0.05) is 29.8 Å². The molecule has 1 aromatic rings. The largest absolute Gasteiger partial charge is 0.340 e. The van der Waals surface area contributed by atoms with E-state index in [0.717, 1.165) is 35.3 Å². The number of likely N-dealkylation sites (tertiary alicyclic amines) is 1. The van der Waals surface area contributed by atoms with E-state index < -0.39 is 11.6 Å². The van der Waals surface area contributed by atoms with Crippen molar-refractivity contribution in [3.63, 3.8) is 0 Å². The summed E-state index contributed by atoms with van der Waals surface area (Å²) < 4.78 is 0. The van der Waals surface area contributed by atoms with Crippen LogP contribution < -0.4 is 10.6 Å². The Hall–Kier alpha value is -2.41. The van der Waals surface area contributed by atoms with Crippen LogP contribution in [0.2, 0.25) is 0 Å². The molecular weight excluding hydrogens is 344 g/mol. The van der Waals surface area contributed by atoms with Crippen molar-refractivity contribution in [1.82, 2.24) is 20.4 Å². The second-order valence-corrected chi connectivity index (χ2v) is 8.08. The van der Waals surface area contributed by atoms with E-state index in [0.29, 0.717) is 25.2 Å². The van der Waals surface area contributed by atoms with Crippen molar-refractivity contribution in [1.29, 1.82) is 0 Å². The van der Waals surface area contributed by atoms with E-state index in [2.05, 4.69) is 10.6 Å². The highest BCUT2D eigenvalue weighted by Gasteiger charge is 2.49. The number of imide groups is 1. The number of benzene rings is 1. The SMILES string of the molecule is Cc1ccc(C2(C)NC(=O)N(CC(=O)N3CCC4CCC(C3)N4)C2=O)cc1. The topological polar surface area (TPSA) is 81.8 Å². The van der Waals surface area contributed by atoms with Crippen molar-refractivity contribution in [2.75, 3.05) is 19.6 Å². The Balaban J connectivity index is 1.47. The zero-order valence-corrected chi connectivity index (χ0v) is 15.8.